The molecule has 2 rings (SSSR count). The highest BCUT2D eigenvalue weighted by atomic mass is 16.5. The van der Waals surface area contributed by atoms with Crippen molar-refractivity contribution in [1.29, 1.82) is 0 Å². The van der Waals surface area contributed by atoms with Crippen molar-refractivity contribution in [3.63, 3.8) is 0 Å². The van der Waals surface area contributed by atoms with Gasteiger partial charge in [-0.3, -0.25) is 9.59 Å². The summed E-state index contributed by atoms with van der Waals surface area (Å²) in [7, 11) is 0. The van der Waals surface area contributed by atoms with Crippen molar-refractivity contribution < 1.29 is 23.8 Å². The van der Waals surface area contributed by atoms with Gasteiger partial charge in [0.2, 0.25) is 0 Å². The van der Waals surface area contributed by atoms with Gasteiger partial charge in [0.25, 0.3) is 5.91 Å². The van der Waals surface area contributed by atoms with Crippen LogP contribution in [0.15, 0.2) is 16.7 Å². The molecule has 21 heavy (non-hydrogen) atoms. The molecule has 1 aromatic rings. The summed E-state index contributed by atoms with van der Waals surface area (Å²) in [6, 6.07) is 1.63. The van der Waals surface area contributed by atoms with Crippen LogP contribution in [0.25, 0.3) is 0 Å². The molecule has 2 N–H and O–H groups in total. The van der Waals surface area contributed by atoms with Gasteiger partial charge in [-0.2, -0.15) is 0 Å². The number of rotatable bonds is 6. The van der Waals surface area contributed by atoms with Crippen molar-refractivity contribution >= 4 is 11.9 Å². The first-order valence-electron chi connectivity index (χ1n) is 7.25. The van der Waals surface area contributed by atoms with E-state index in [-0.39, 0.29) is 12.3 Å². The molecule has 1 aliphatic heterocycles. The van der Waals surface area contributed by atoms with Crippen LogP contribution >= 0.6 is 0 Å². The number of hydrogen-bond acceptors (Lipinski definition) is 4. The van der Waals surface area contributed by atoms with E-state index in [9.17, 15) is 9.59 Å². The molecule has 0 atom stereocenters. The Hall–Kier alpha value is -1.82. The van der Waals surface area contributed by atoms with Gasteiger partial charge in [0.1, 0.15) is 5.76 Å². The Balaban J connectivity index is 2.13. The summed E-state index contributed by atoms with van der Waals surface area (Å²) in [4.78, 5) is 23.6. The first-order valence-corrected chi connectivity index (χ1v) is 7.25. The van der Waals surface area contributed by atoms with Crippen LogP contribution in [0, 0.1) is 0 Å². The minimum Gasteiger partial charge on any atom is -0.481 e. The number of amides is 1. The number of carbonyl (C=O) groups excluding carboxylic acids is 1. The van der Waals surface area contributed by atoms with Crippen molar-refractivity contribution in [2.45, 2.75) is 44.6 Å². The average molecular weight is 295 g/mol. The lowest BCUT2D eigenvalue weighted by molar-refractivity contribution is -0.139. The van der Waals surface area contributed by atoms with E-state index >= 15 is 0 Å². The van der Waals surface area contributed by atoms with Crippen LogP contribution in [0.2, 0.25) is 0 Å². The molecule has 1 saturated heterocycles. The van der Waals surface area contributed by atoms with E-state index in [1.54, 1.807) is 6.07 Å². The number of ether oxygens (including phenoxy) is 1. The summed E-state index contributed by atoms with van der Waals surface area (Å²) in [6.07, 6.45) is 3.97. The van der Waals surface area contributed by atoms with Crippen molar-refractivity contribution in [2.75, 3.05) is 13.2 Å². The van der Waals surface area contributed by atoms with Crippen LogP contribution < -0.4 is 5.32 Å². The van der Waals surface area contributed by atoms with Gasteiger partial charge in [-0.25, -0.2) is 0 Å². The fraction of sp³-hybridized carbons (Fsp3) is 0.600. The first kappa shape index (κ1) is 15.6. The van der Waals surface area contributed by atoms with Gasteiger partial charge in [-0.15, -0.1) is 0 Å². The summed E-state index contributed by atoms with van der Waals surface area (Å²) in [5.74, 6) is -0.541. The molecular formula is C15H21NO5. The molecule has 0 radical (unpaired) electrons. The Bertz CT molecular complexity index is 502. The van der Waals surface area contributed by atoms with E-state index < -0.39 is 11.5 Å². The molecule has 1 aliphatic rings. The number of aliphatic carboxylic acids is 1. The third-order valence-corrected chi connectivity index (χ3v) is 3.79. The predicted molar refractivity (Wildman–Crippen MR) is 75.2 cm³/mol. The number of furan rings is 1. The van der Waals surface area contributed by atoms with Crippen molar-refractivity contribution in [3.8, 4) is 0 Å². The summed E-state index contributed by atoms with van der Waals surface area (Å²) < 4.78 is 10.6. The van der Waals surface area contributed by atoms with Gasteiger partial charge in [0.05, 0.1) is 23.8 Å². The summed E-state index contributed by atoms with van der Waals surface area (Å²) in [5.41, 5.74) is -0.241. The van der Waals surface area contributed by atoms with E-state index in [0.717, 1.165) is 6.42 Å². The second-order valence-corrected chi connectivity index (χ2v) is 5.42. The second-order valence-electron chi connectivity index (χ2n) is 5.42. The normalized spacial score (nSPS) is 17.4. The molecule has 116 valence electrons. The minimum absolute atomic E-state index is 0.0942. The van der Waals surface area contributed by atoms with Crippen molar-refractivity contribution in [1.82, 2.24) is 5.32 Å². The van der Waals surface area contributed by atoms with Gasteiger partial charge < -0.3 is 19.6 Å². The molecule has 6 nitrogen and oxygen atoms in total. The van der Waals surface area contributed by atoms with Crippen LogP contribution in [0.4, 0.5) is 0 Å². The largest absolute Gasteiger partial charge is 0.481 e. The summed E-state index contributed by atoms with van der Waals surface area (Å²) in [5, 5.41) is 12.0. The number of aryl methyl sites for hydroxylation is 1. The zero-order valence-electron chi connectivity index (χ0n) is 12.2. The molecule has 0 bridgehead atoms. The minimum atomic E-state index is -0.918. The topological polar surface area (TPSA) is 88.8 Å². The van der Waals surface area contributed by atoms with Crippen molar-refractivity contribution in [3.05, 3.63) is 23.7 Å². The smallest absolute Gasteiger partial charge is 0.305 e. The lowest BCUT2D eigenvalue weighted by Gasteiger charge is -2.36. The Labute approximate surface area is 123 Å². The monoisotopic (exact) mass is 295 g/mol. The van der Waals surface area contributed by atoms with E-state index in [1.165, 1.54) is 6.26 Å². The molecule has 0 unspecified atom stereocenters. The SMILES string of the molecule is CCCc1occc1C(=O)NC1(CC(=O)O)CCOCC1. The lowest BCUT2D eigenvalue weighted by Crippen LogP contribution is -2.53. The highest BCUT2D eigenvalue weighted by Gasteiger charge is 2.37. The number of hydrogen-bond donors (Lipinski definition) is 2. The lowest BCUT2D eigenvalue weighted by atomic mass is 9.86. The van der Waals surface area contributed by atoms with Gasteiger partial charge in [-0.1, -0.05) is 6.92 Å². The molecule has 1 fully saturated rings. The number of carboxylic acid groups (broad SMARTS) is 1. The van der Waals surface area contributed by atoms with Crippen LogP contribution in [-0.4, -0.2) is 35.7 Å². The number of nitrogens with one attached hydrogen (secondary N) is 1. The van der Waals surface area contributed by atoms with Crippen LogP contribution in [-0.2, 0) is 16.0 Å². The fourth-order valence-corrected chi connectivity index (χ4v) is 2.67. The zero-order valence-corrected chi connectivity index (χ0v) is 12.2. The maximum atomic E-state index is 12.5. The van der Waals surface area contributed by atoms with E-state index in [4.69, 9.17) is 14.3 Å². The molecule has 0 aromatic carbocycles. The summed E-state index contributed by atoms with van der Waals surface area (Å²) in [6.45, 7) is 2.93. The molecule has 0 aliphatic carbocycles. The van der Waals surface area contributed by atoms with Gasteiger partial charge in [0.15, 0.2) is 0 Å². The standard InChI is InChI=1S/C15H21NO5/c1-2-3-12-11(4-7-21-12)14(19)16-15(10-13(17)18)5-8-20-9-6-15/h4,7H,2-3,5-6,8-10H2,1H3,(H,16,19)(H,17,18). The molecule has 0 spiro atoms. The molecular weight excluding hydrogens is 274 g/mol. The number of carbonyl (C=O) groups is 2. The maximum absolute atomic E-state index is 12.5. The molecule has 1 aromatic heterocycles. The third-order valence-electron chi connectivity index (χ3n) is 3.79. The second kappa shape index (κ2) is 6.76. The van der Waals surface area contributed by atoms with Crippen LogP contribution in [0.1, 0.15) is 48.7 Å². The van der Waals surface area contributed by atoms with E-state index in [0.29, 0.717) is 43.8 Å². The third kappa shape index (κ3) is 3.85. The predicted octanol–water partition coefficient (Wildman–Crippen LogP) is 1.99. The van der Waals surface area contributed by atoms with Gasteiger partial charge >= 0.3 is 5.97 Å². The first-order chi connectivity index (χ1) is 10.1. The van der Waals surface area contributed by atoms with Crippen LogP contribution in [0.3, 0.4) is 0 Å². The van der Waals surface area contributed by atoms with Crippen LogP contribution in [0.5, 0.6) is 0 Å². The van der Waals surface area contributed by atoms with E-state index in [1.807, 2.05) is 6.92 Å². The molecule has 6 heteroatoms. The molecule has 0 saturated carbocycles. The van der Waals surface area contributed by atoms with E-state index in [2.05, 4.69) is 5.32 Å². The quantitative estimate of drug-likeness (QED) is 0.837. The van der Waals surface area contributed by atoms with Gasteiger partial charge in [-0.05, 0) is 25.3 Å². The molecule has 2 heterocycles. The highest BCUT2D eigenvalue weighted by Crippen LogP contribution is 2.26. The fourth-order valence-electron chi connectivity index (χ4n) is 2.67. The zero-order chi connectivity index (χ0) is 15.3. The Kier molecular flexibility index (Phi) is 5.01. The highest BCUT2D eigenvalue weighted by molar-refractivity contribution is 5.96. The Morgan fingerprint density at radius 2 is 2.10 bits per heavy atom. The number of carboxylic acids is 1. The average Bonchev–Trinajstić information content (AvgIpc) is 2.87. The Morgan fingerprint density at radius 3 is 2.71 bits per heavy atom. The van der Waals surface area contributed by atoms with Crippen molar-refractivity contribution in [2.24, 2.45) is 0 Å². The molecule has 1 amide bonds. The van der Waals surface area contributed by atoms with Gasteiger partial charge in [0, 0.05) is 19.6 Å². The maximum Gasteiger partial charge on any atom is 0.305 e. The summed E-state index contributed by atoms with van der Waals surface area (Å²) >= 11 is 0. The Morgan fingerprint density at radius 1 is 1.38 bits per heavy atom.